The van der Waals surface area contributed by atoms with Gasteiger partial charge in [-0.25, -0.2) is 9.78 Å². The number of aromatic nitrogens is 2. The summed E-state index contributed by atoms with van der Waals surface area (Å²) in [6.07, 6.45) is 2.09. The van der Waals surface area contributed by atoms with E-state index in [1.165, 1.54) is 0 Å². The fraction of sp³-hybridized carbons (Fsp3) is 0.318. The van der Waals surface area contributed by atoms with Crippen molar-refractivity contribution < 1.29 is 14.3 Å². The number of aryl methyl sites for hydroxylation is 1. The van der Waals surface area contributed by atoms with Gasteiger partial charge in [0.25, 0.3) is 5.91 Å². The van der Waals surface area contributed by atoms with Crippen molar-refractivity contribution in [2.24, 2.45) is 0 Å². The summed E-state index contributed by atoms with van der Waals surface area (Å²) >= 11 is 0. The molecule has 7 heteroatoms. The normalized spacial score (nSPS) is 11.3. The molecule has 0 radical (unpaired) electrons. The summed E-state index contributed by atoms with van der Waals surface area (Å²) in [6, 6.07) is 14.7. The van der Waals surface area contributed by atoms with Gasteiger partial charge in [-0.3, -0.25) is 10.1 Å². The number of amides is 2. The third kappa shape index (κ3) is 5.81. The molecule has 2 amide bonds. The zero-order chi connectivity index (χ0) is 20.9. The fourth-order valence-electron chi connectivity index (χ4n) is 2.87. The molecule has 2 N–H and O–H groups in total. The van der Waals surface area contributed by atoms with Crippen LogP contribution in [0.4, 0.5) is 10.5 Å². The van der Waals surface area contributed by atoms with Crippen molar-refractivity contribution in [2.45, 2.75) is 39.3 Å². The largest absolute Gasteiger partial charge is 0.444 e. The van der Waals surface area contributed by atoms with Gasteiger partial charge >= 0.3 is 6.09 Å². The first-order valence-corrected chi connectivity index (χ1v) is 9.60. The molecule has 0 saturated carbocycles. The number of carbonyl (C=O) groups excluding carboxylic acids is 2. The van der Waals surface area contributed by atoms with Crippen LogP contribution in [0.1, 0.15) is 37.6 Å². The predicted molar refractivity (Wildman–Crippen MR) is 113 cm³/mol. The van der Waals surface area contributed by atoms with E-state index in [0.29, 0.717) is 17.8 Å². The molecular formula is C22H26N4O3. The Morgan fingerprint density at radius 2 is 1.79 bits per heavy atom. The molecular weight excluding hydrogens is 368 g/mol. The van der Waals surface area contributed by atoms with Crippen LogP contribution in [0.2, 0.25) is 0 Å². The number of hydrogen-bond donors (Lipinski definition) is 2. The second-order valence-corrected chi connectivity index (χ2v) is 7.74. The maximum absolute atomic E-state index is 12.3. The molecule has 1 heterocycles. The number of nitrogens with one attached hydrogen (secondary N) is 2. The molecule has 0 aliphatic rings. The molecule has 0 saturated heterocycles. The maximum Gasteiger partial charge on any atom is 0.412 e. The summed E-state index contributed by atoms with van der Waals surface area (Å²) in [4.78, 5) is 28.4. The van der Waals surface area contributed by atoms with E-state index in [0.717, 1.165) is 24.0 Å². The SMILES string of the molecule is CC(C)(C)OC(=O)Nc1ccc(C(=O)NCCCn2cnc3ccccc32)cc1. The van der Waals surface area contributed by atoms with Gasteiger partial charge in [0.2, 0.25) is 0 Å². The average Bonchev–Trinajstić information content (AvgIpc) is 3.07. The number of anilines is 1. The Morgan fingerprint density at radius 1 is 1.07 bits per heavy atom. The van der Waals surface area contributed by atoms with Crippen LogP contribution in [-0.2, 0) is 11.3 Å². The minimum absolute atomic E-state index is 0.149. The Bertz CT molecular complexity index is 987. The van der Waals surface area contributed by atoms with Gasteiger partial charge in [0.15, 0.2) is 0 Å². The highest BCUT2D eigenvalue weighted by atomic mass is 16.6. The van der Waals surface area contributed by atoms with E-state index in [9.17, 15) is 9.59 Å². The van der Waals surface area contributed by atoms with E-state index in [1.807, 2.05) is 30.6 Å². The first-order valence-electron chi connectivity index (χ1n) is 9.60. The lowest BCUT2D eigenvalue weighted by atomic mass is 10.2. The third-order valence-electron chi connectivity index (χ3n) is 4.18. The number of imidazole rings is 1. The summed E-state index contributed by atoms with van der Waals surface area (Å²) < 4.78 is 7.29. The van der Waals surface area contributed by atoms with E-state index in [2.05, 4.69) is 20.2 Å². The Hall–Kier alpha value is -3.35. The molecule has 7 nitrogen and oxygen atoms in total. The highest BCUT2D eigenvalue weighted by Gasteiger charge is 2.16. The quantitative estimate of drug-likeness (QED) is 0.614. The fourth-order valence-corrected chi connectivity index (χ4v) is 2.87. The van der Waals surface area contributed by atoms with Crippen LogP contribution in [0.25, 0.3) is 11.0 Å². The van der Waals surface area contributed by atoms with Gasteiger partial charge in [-0.15, -0.1) is 0 Å². The minimum Gasteiger partial charge on any atom is -0.444 e. The van der Waals surface area contributed by atoms with Gasteiger partial charge in [-0.1, -0.05) is 12.1 Å². The molecule has 0 spiro atoms. The van der Waals surface area contributed by atoms with Gasteiger partial charge in [0, 0.05) is 24.3 Å². The zero-order valence-corrected chi connectivity index (χ0v) is 16.9. The van der Waals surface area contributed by atoms with Crippen molar-refractivity contribution in [2.75, 3.05) is 11.9 Å². The van der Waals surface area contributed by atoms with Gasteiger partial charge in [0.05, 0.1) is 17.4 Å². The standard InChI is InChI=1S/C22H26N4O3/c1-22(2,3)29-21(28)25-17-11-9-16(10-12-17)20(27)23-13-6-14-26-15-24-18-7-4-5-8-19(18)26/h4-5,7-12,15H,6,13-14H2,1-3H3,(H,23,27)(H,25,28). The van der Waals surface area contributed by atoms with E-state index >= 15 is 0 Å². The van der Waals surface area contributed by atoms with Gasteiger partial charge < -0.3 is 14.6 Å². The summed E-state index contributed by atoms with van der Waals surface area (Å²) in [6.45, 7) is 6.74. The Balaban J connectivity index is 1.45. The van der Waals surface area contributed by atoms with Crippen molar-refractivity contribution >= 4 is 28.7 Å². The van der Waals surface area contributed by atoms with E-state index in [1.54, 1.807) is 45.0 Å². The predicted octanol–water partition coefficient (Wildman–Crippen LogP) is 4.20. The monoisotopic (exact) mass is 394 g/mol. The molecule has 1 aromatic heterocycles. The van der Waals surface area contributed by atoms with E-state index in [-0.39, 0.29) is 5.91 Å². The average molecular weight is 394 g/mol. The number of benzene rings is 2. The summed E-state index contributed by atoms with van der Waals surface area (Å²) in [5, 5.41) is 5.56. The van der Waals surface area contributed by atoms with E-state index < -0.39 is 11.7 Å². The van der Waals surface area contributed by atoms with Crippen LogP contribution in [0.5, 0.6) is 0 Å². The second kappa shape index (κ2) is 8.77. The van der Waals surface area contributed by atoms with Crippen molar-refractivity contribution in [3.05, 3.63) is 60.4 Å². The molecule has 0 aliphatic heterocycles. The molecule has 2 aromatic carbocycles. The number of hydrogen-bond acceptors (Lipinski definition) is 4. The first kappa shape index (κ1) is 20.4. The molecule has 0 atom stereocenters. The third-order valence-corrected chi connectivity index (χ3v) is 4.18. The summed E-state index contributed by atoms with van der Waals surface area (Å²) in [5.41, 5.74) is 2.60. The molecule has 3 aromatic rings. The molecule has 0 aliphatic carbocycles. The summed E-state index contributed by atoms with van der Waals surface area (Å²) in [5.74, 6) is -0.149. The number of rotatable bonds is 6. The minimum atomic E-state index is -0.563. The van der Waals surface area contributed by atoms with Crippen molar-refractivity contribution in [3.63, 3.8) is 0 Å². The first-order chi connectivity index (χ1) is 13.8. The number of nitrogens with zero attached hydrogens (tertiary/aromatic N) is 2. The smallest absolute Gasteiger partial charge is 0.412 e. The van der Waals surface area contributed by atoms with Crippen LogP contribution in [0.3, 0.4) is 0 Å². The van der Waals surface area contributed by atoms with Crippen LogP contribution >= 0.6 is 0 Å². The summed E-state index contributed by atoms with van der Waals surface area (Å²) in [7, 11) is 0. The lowest BCUT2D eigenvalue weighted by molar-refractivity contribution is 0.0635. The topological polar surface area (TPSA) is 85.2 Å². The molecule has 152 valence electrons. The van der Waals surface area contributed by atoms with Gasteiger partial charge in [0.1, 0.15) is 5.60 Å². The second-order valence-electron chi connectivity index (χ2n) is 7.74. The van der Waals surface area contributed by atoms with Crippen LogP contribution in [0.15, 0.2) is 54.9 Å². The van der Waals surface area contributed by atoms with Crippen LogP contribution in [-0.4, -0.2) is 33.7 Å². The van der Waals surface area contributed by atoms with Crippen LogP contribution in [0, 0.1) is 0 Å². The Labute approximate surface area is 170 Å². The zero-order valence-electron chi connectivity index (χ0n) is 16.9. The molecule has 3 rings (SSSR count). The lowest BCUT2D eigenvalue weighted by Gasteiger charge is -2.19. The Morgan fingerprint density at radius 3 is 2.52 bits per heavy atom. The molecule has 0 fully saturated rings. The van der Waals surface area contributed by atoms with Gasteiger partial charge in [-0.05, 0) is 63.6 Å². The molecule has 0 bridgehead atoms. The number of carbonyl (C=O) groups is 2. The Kier molecular flexibility index (Phi) is 6.16. The highest BCUT2D eigenvalue weighted by Crippen LogP contribution is 2.14. The number of para-hydroxylation sites is 2. The number of ether oxygens (including phenoxy) is 1. The van der Waals surface area contributed by atoms with Crippen molar-refractivity contribution in [3.8, 4) is 0 Å². The highest BCUT2D eigenvalue weighted by molar-refractivity contribution is 5.95. The van der Waals surface area contributed by atoms with Crippen LogP contribution < -0.4 is 10.6 Å². The molecule has 29 heavy (non-hydrogen) atoms. The maximum atomic E-state index is 12.3. The van der Waals surface area contributed by atoms with Crippen molar-refractivity contribution in [1.82, 2.24) is 14.9 Å². The molecule has 0 unspecified atom stereocenters. The lowest BCUT2D eigenvalue weighted by Crippen LogP contribution is -2.27. The van der Waals surface area contributed by atoms with E-state index in [4.69, 9.17) is 4.74 Å². The number of fused-ring (bicyclic) bond motifs is 1. The van der Waals surface area contributed by atoms with Gasteiger partial charge in [-0.2, -0.15) is 0 Å². The van der Waals surface area contributed by atoms with Crippen molar-refractivity contribution in [1.29, 1.82) is 0 Å².